The lowest BCUT2D eigenvalue weighted by Crippen LogP contribution is -2.51. The van der Waals surface area contributed by atoms with Gasteiger partial charge >= 0.3 is 0 Å². The van der Waals surface area contributed by atoms with Crippen LogP contribution in [0.2, 0.25) is 0 Å². The maximum atomic E-state index is 13.1. The normalized spacial score (nSPS) is 17.2. The highest BCUT2D eigenvalue weighted by molar-refractivity contribution is 5.98. The van der Waals surface area contributed by atoms with Gasteiger partial charge in [-0.2, -0.15) is 0 Å². The molecule has 1 heterocycles. The fraction of sp³-hybridized carbons (Fsp3) is 0.300. The van der Waals surface area contributed by atoms with E-state index < -0.39 is 12.0 Å². The summed E-state index contributed by atoms with van der Waals surface area (Å²) in [7, 11) is 1.82. The third-order valence-corrected chi connectivity index (χ3v) is 4.79. The van der Waals surface area contributed by atoms with Crippen molar-refractivity contribution in [3.63, 3.8) is 0 Å². The molecule has 1 aliphatic heterocycles. The monoisotopic (exact) mass is 371 g/mol. The van der Waals surface area contributed by atoms with E-state index in [9.17, 15) is 14.0 Å². The van der Waals surface area contributed by atoms with Crippen LogP contribution in [0.1, 0.15) is 18.5 Å². The minimum atomic E-state index is -0.885. The van der Waals surface area contributed by atoms with Gasteiger partial charge in [0.05, 0.1) is 18.8 Å². The summed E-state index contributed by atoms with van der Waals surface area (Å²) >= 11 is 0. The Kier molecular flexibility index (Phi) is 5.41. The van der Waals surface area contributed by atoms with Crippen LogP contribution >= 0.6 is 0 Å². The Bertz CT molecular complexity index is 841. The molecule has 2 aromatic rings. The SMILES string of the molecule is CC(c1ccc(F)cc1)N(C)CC(=O)N1CC(C(N)=O)Oc2ccccc21. The highest BCUT2D eigenvalue weighted by atomic mass is 19.1. The topological polar surface area (TPSA) is 75.9 Å². The number of nitrogens with two attached hydrogens (primary N) is 1. The first-order chi connectivity index (χ1) is 12.9. The van der Waals surface area contributed by atoms with Gasteiger partial charge in [0.2, 0.25) is 5.91 Å². The second kappa shape index (κ2) is 7.75. The maximum absolute atomic E-state index is 13.1. The summed E-state index contributed by atoms with van der Waals surface area (Å²) in [6, 6.07) is 13.2. The van der Waals surface area contributed by atoms with Crippen LogP contribution in [0.25, 0.3) is 0 Å². The van der Waals surface area contributed by atoms with Crippen molar-refractivity contribution in [3.05, 3.63) is 59.9 Å². The van der Waals surface area contributed by atoms with E-state index in [1.54, 1.807) is 36.4 Å². The summed E-state index contributed by atoms with van der Waals surface area (Å²) in [4.78, 5) is 27.9. The molecule has 0 bridgehead atoms. The molecule has 2 unspecified atom stereocenters. The molecule has 0 saturated carbocycles. The molecule has 2 N–H and O–H groups in total. The lowest BCUT2D eigenvalue weighted by atomic mass is 10.1. The number of primary amides is 1. The number of rotatable bonds is 5. The Morgan fingerprint density at radius 3 is 2.59 bits per heavy atom. The summed E-state index contributed by atoms with van der Waals surface area (Å²) < 4.78 is 18.7. The third-order valence-electron chi connectivity index (χ3n) is 4.79. The number of hydrogen-bond acceptors (Lipinski definition) is 4. The number of halogens is 1. The second-order valence-corrected chi connectivity index (χ2v) is 6.62. The van der Waals surface area contributed by atoms with Crippen LogP contribution in [0.3, 0.4) is 0 Å². The van der Waals surface area contributed by atoms with Crippen LogP contribution in [0.4, 0.5) is 10.1 Å². The van der Waals surface area contributed by atoms with Gasteiger partial charge in [0, 0.05) is 6.04 Å². The van der Waals surface area contributed by atoms with Crippen molar-refractivity contribution >= 4 is 17.5 Å². The predicted molar refractivity (Wildman–Crippen MR) is 99.9 cm³/mol. The Hall–Kier alpha value is -2.93. The molecule has 0 spiro atoms. The Morgan fingerprint density at radius 1 is 1.26 bits per heavy atom. The van der Waals surface area contributed by atoms with Crippen LogP contribution in [-0.2, 0) is 9.59 Å². The van der Waals surface area contributed by atoms with Crippen molar-refractivity contribution in [1.29, 1.82) is 0 Å². The lowest BCUT2D eigenvalue weighted by molar-refractivity contribution is -0.125. The van der Waals surface area contributed by atoms with Crippen molar-refractivity contribution in [1.82, 2.24) is 4.90 Å². The van der Waals surface area contributed by atoms with Gasteiger partial charge < -0.3 is 15.4 Å². The largest absolute Gasteiger partial charge is 0.477 e. The van der Waals surface area contributed by atoms with E-state index in [-0.39, 0.29) is 30.9 Å². The van der Waals surface area contributed by atoms with Gasteiger partial charge in [0.1, 0.15) is 11.6 Å². The summed E-state index contributed by atoms with van der Waals surface area (Å²) in [6.07, 6.45) is -0.885. The van der Waals surface area contributed by atoms with Crippen LogP contribution in [0.15, 0.2) is 48.5 Å². The number of nitrogens with zero attached hydrogens (tertiary/aromatic N) is 2. The molecule has 2 atom stereocenters. The van der Waals surface area contributed by atoms with E-state index in [4.69, 9.17) is 10.5 Å². The molecule has 0 radical (unpaired) electrons. The van der Waals surface area contributed by atoms with Crippen molar-refractivity contribution in [2.75, 3.05) is 25.0 Å². The van der Waals surface area contributed by atoms with E-state index in [2.05, 4.69) is 0 Å². The molecule has 2 aromatic carbocycles. The molecule has 142 valence electrons. The number of fused-ring (bicyclic) bond motifs is 1. The molecule has 3 rings (SSSR count). The van der Waals surface area contributed by atoms with E-state index >= 15 is 0 Å². The summed E-state index contributed by atoms with van der Waals surface area (Å²) in [6.45, 7) is 2.14. The zero-order chi connectivity index (χ0) is 19.6. The van der Waals surface area contributed by atoms with Gasteiger partial charge in [-0.3, -0.25) is 14.5 Å². The number of ether oxygens (including phenoxy) is 1. The number of carbonyl (C=O) groups is 2. The summed E-state index contributed by atoms with van der Waals surface area (Å²) in [5.41, 5.74) is 6.90. The van der Waals surface area contributed by atoms with Gasteiger partial charge in [-0.25, -0.2) is 4.39 Å². The number of hydrogen-bond donors (Lipinski definition) is 1. The zero-order valence-electron chi connectivity index (χ0n) is 15.3. The van der Waals surface area contributed by atoms with Crippen LogP contribution in [-0.4, -0.2) is 43.0 Å². The molecular formula is C20H22FN3O3. The van der Waals surface area contributed by atoms with Gasteiger partial charge in [-0.15, -0.1) is 0 Å². The predicted octanol–water partition coefficient (Wildman–Crippen LogP) is 2.10. The minimum Gasteiger partial charge on any atom is -0.477 e. The molecule has 0 saturated heterocycles. The van der Waals surface area contributed by atoms with E-state index in [0.717, 1.165) is 5.56 Å². The molecule has 0 aliphatic carbocycles. The number of amides is 2. The number of likely N-dealkylation sites (N-methyl/N-ethyl adjacent to an activating group) is 1. The molecule has 0 fully saturated rings. The highest BCUT2D eigenvalue weighted by Crippen LogP contribution is 2.33. The third kappa shape index (κ3) is 4.09. The molecule has 7 heteroatoms. The smallest absolute Gasteiger partial charge is 0.260 e. The average molecular weight is 371 g/mol. The number of anilines is 1. The first kappa shape index (κ1) is 18.8. The zero-order valence-corrected chi connectivity index (χ0v) is 15.3. The van der Waals surface area contributed by atoms with E-state index in [0.29, 0.717) is 11.4 Å². The molecule has 0 aromatic heterocycles. The van der Waals surface area contributed by atoms with Crippen LogP contribution < -0.4 is 15.4 Å². The molecule has 27 heavy (non-hydrogen) atoms. The lowest BCUT2D eigenvalue weighted by Gasteiger charge is -2.35. The quantitative estimate of drug-likeness (QED) is 0.873. The Morgan fingerprint density at radius 2 is 1.93 bits per heavy atom. The number of para-hydroxylation sites is 2. The van der Waals surface area contributed by atoms with Crippen molar-refractivity contribution in [3.8, 4) is 5.75 Å². The molecule has 6 nitrogen and oxygen atoms in total. The first-order valence-corrected chi connectivity index (χ1v) is 8.68. The molecule has 1 aliphatic rings. The Labute approximate surface area is 157 Å². The fourth-order valence-electron chi connectivity index (χ4n) is 3.05. The second-order valence-electron chi connectivity index (χ2n) is 6.62. The molecule has 2 amide bonds. The Balaban J connectivity index is 1.76. The standard InChI is InChI=1S/C20H22FN3O3/c1-13(14-7-9-15(21)10-8-14)23(2)12-19(25)24-11-18(20(22)26)27-17-6-4-3-5-16(17)24/h3-10,13,18H,11-12H2,1-2H3,(H2,22,26). The minimum absolute atomic E-state index is 0.0734. The maximum Gasteiger partial charge on any atom is 0.260 e. The number of carbonyl (C=O) groups excluding carboxylic acids is 2. The number of benzene rings is 2. The van der Waals surface area contributed by atoms with E-state index in [1.165, 1.54) is 17.0 Å². The summed E-state index contributed by atoms with van der Waals surface area (Å²) in [5, 5.41) is 0. The average Bonchev–Trinajstić information content (AvgIpc) is 2.66. The van der Waals surface area contributed by atoms with Gasteiger partial charge in [0.25, 0.3) is 5.91 Å². The van der Waals surface area contributed by atoms with Crippen LogP contribution in [0.5, 0.6) is 5.75 Å². The van der Waals surface area contributed by atoms with Crippen molar-refractivity contribution in [2.45, 2.75) is 19.1 Å². The fourth-order valence-corrected chi connectivity index (χ4v) is 3.05. The van der Waals surface area contributed by atoms with Gasteiger partial charge in [-0.1, -0.05) is 24.3 Å². The first-order valence-electron chi connectivity index (χ1n) is 8.68. The van der Waals surface area contributed by atoms with E-state index in [1.807, 2.05) is 18.9 Å². The van der Waals surface area contributed by atoms with Crippen molar-refractivity contribution < 1.29 is 18.7 Å². The van der Waals surface area contributed by atoms with Crippen molar-refractivity contribution in [2.24, 2.45) is 5.73 Å². The molecular weight excluding hydrogens is 349 g/mol. The van der Waals surface area contributed by atoms with Crippen LogP contribution in [0, 0.1) is 5.82 Å². The van der Waals surface area contributed by atoms with Gasteiger partial charge in [0.15, 0.2) is 6.10 Å². The van der Waals surface area contributed by atoms with Gasteiger partial charge in [-0.05, 0) is 43.8 Å². The highest BCUT2D eigenvalue weighted by Gasteiger charge is 2.33. The summed E-state index contributed by atoms with van der Waals surface area (Å²) in [5.74, 6) is -0.633.